The second kappa shape index (κ2) is 7.73. The van der Waals surface area contributed by atoms with Crippen molar-refractivity contribution in [3.05, 3.63) is 80.3 Å². The Morgan fingerprint density at radius 1 is 1.18 bits per heavy atom. The van der Waals surface area contributed by atoms with Crippen LogP contribution >= 0.6 is 22.9 Å². The second-order valence-electron chi connectivity index (χ2n) is 6.62. The molecule has 1 aromatic carbocycles. The van der Waals surface area contributed by atoms with E-state index in [4.69, 9.17) is 11.6 Å². The van der Waals surface area contributed by atoms with Crippen molar-refractivity contribution in [1.82, 2.24) is 9.88 Å². The monoisotopic (exact) mass is 411 g/mol. The van der Waals surface area contributed by atoms with E-state index in [2.05, 4.69) is 21.7 Å². The van der Waals surface area contributed by atoms with Gasteiger partial charge in [0.25, 0.3) is 11.8 Å². The van der Waals surface area contributed by atoms with E-state index in [1.54, 1.807) is 41.7 Å². The Morgan fingerprint density at radius 2 is 2.00 bits per heavy atom. The van der Waals surface area contributed by atoms with Crippen LogP contribution in [0.1, 0.15) is 36.7 Å². The van der Waals surface area contributed by atoms with Crippen molar-refractivity contribution in [2.24, 2.45) is 0 Å². The predicted molar refractivity (Wildman–Crippen MR) is 111 cm³/mol. The van der Waals surface area contributed by atoms with E-state index in [1.165, 1.54) is 16.6 Å². The molecule has 3 heterocycles. The molecule has 142 valence electrons. The number of halogens is 1. The molecule has 7 heteroatoms. The Balaban J connectivity index is 1.56. The Morgan fingerprint density at radius 3 is 2.82 bits per heavy atom. The fourth-order valence-electron chi connectivity index (χ4n) is 3.34. The molecule has 0 bridgehead atoms. The summed E-state index contributed by atoms with van der Waals surface area (Å²) in [6, 6.07) is 10.7. The van der Waals surface area contributed by atoms with E-state index in [-0.39, 0.29) is 17.0 Å². The Hall–Kier alpha value is -2.70. The first-order chi connectivity index (χ1) is 13.5. The standard InChI is InChI=1S/C21H18ClN3O2S/c1-13-15(21(27)25-10-7-18-14(12-25)8-11-28-18)4-2-6-17(13)24-20(26)16-5-3-9-23-19(16)22/h2-6,8-9,11H,7,10,12H2,1H3,(H,24,26). The summed E-state index contributed by atoms with van der Waals surface area (Å²) in [5, 5.41) is 5.06. The van der Waals surface area contributed by atoms with Crippen LogP contribution in [0.25, 0.3) is 0 Å². The highest BCUT2D eigenvalue weighted by molar-refractivity contribution is 7.10. The first-order valence-electron chi connectivity index (χ1n) is 8.90. The molecule has 3 aromatic rings. The van der Waals surface area contributed by atoms with Crippen LogP contribution < -0.4 is 5.32 Å². The molecule has 0 unspecified atom stereocenters. The maximum Gasteiger partial charge on any atom is 0.258 e. The first-order valence-corrected chi connectivity index (χ1v) is 10.2. The van der Waals surface area contributed by atoms with Gasteiger partial charge >= 0.3 is 0 Å². The molecule has 2 amide bonds. The third kappa shape index (κ3) is 3.53. The average molecular weight is 412 g/mol. The summed E-state index contributed by atoms with van der Waals surface area (Å²) in [5.41, 5.74) is 3.42. The number of hydrogen-bond donors (Lipinski definition) is 1. The van der Waals surface area contributed by atoms with Gasteiger partial charge < -0.3 is 10.2 Å². The van der Waals surface area contributed by atoms with Crippen LogP contribution in [0.4, 0.5) is 5.69 Å². The molecule has 5 nitrogen and oxygen atoms in total. The molecule has 0 fully saturated rings. The van der Waals surface area contributed by atoms with Crippen molar-refractivity contribution in [3.63, 3.8) is 0 Å². The molecule has 0 aliphatic carbocycles. The molecule has 2 aromatic heterocycles. The van der Waals surface area contributed by atoms with Crippen LogP contribution in [0.3, 0.4) is 0 Å². The van der Waals surface area contributed by atoms with Crippen molar-refractivity contribution in [3.8, 4) is 0 Å². The van der Waals surface area contributed by atoms with Crippen molar-refractivity contribution in [1.29, 1.82) is 0 Å². The van der Waals surface area contributed by atoms with Gasteiger partial charge in [-0.25, -0.2) is 4.98 Å². The van der Waals surface area contributed by atoms with Gasteiger partial charge in [0.15, 0.2) is 0 Å². The number of anilines is 1. The van der Waals surface area contributed by atoms with Crippen molar-refractivity contribution >= 4 is 40.4 Å². The van der Waals surface area contributed by atoms with Crippen LogP contribution in [0.2, 0.25) is 5.15 Å². The molecular weight excluding hydrogens is 394 g/mol. The number of aromatic nitrogens is 1. The molecule has 28 heavy (non-hydrogen) atoms. The minimum Gasteiger partial charge on any atom is -0.334 e. The zero-order valence-corrected chi connectivity index (χ0v) is 16.8. The van der Waals surface area contributed by atoms with Gasteiger partial charge in [-0.15, -0.1) is 11.3 Å². The summed E-state index contributed by atoms with van der Waals surface area (Å²) in [6.07, 6.45) is 2.41. The summed E-state index contributed by atoms with van der Waals surface area (Å²) in [4.78, 5) is 32.8. The highest BCUT2D eigenvalue weighted by atomic mass is 35.5. The number of carbonyl (C=O) groups excluding carboxylic acids is 2. The minimum absolute atomic E-state index is 0.0233. The van der Waals surface area contributed by atoms with Crippen molar-refractivity contribution in [2.45, 2.75) is 19.9 Å². The van der Waals surface area contributed by atoms with Crippen LogP contribution in [0.5, 0.6) is 0 Å². The number of thiophene rings is 1. The van der Waals surface area contributed by atoms with E-state index in [1.807, 2.05) is 11.8 Å². The van der Waals surface area contributed by atoms with Gasteiger partial charge in [-0.05, 0) is 60.2 Å². The lowest BCUT2D eigenvalue weighted by molar-refractivity contribution is 0.0735. The third-order valence-corrected chi connectivity index (χ3v) is 6.24. The van der Waals surface area contributed by atoms with Gasteiger partial charge in [-0.1, -0.05) is 17.7 Å². The number of fused-ring (bicyclic) bond motifs is 1. The zero-order valence-electron chi connectivity index (χ0n) is 15.2. The summed E-state index contributed by atoms with van der Waals surface area (Å²) in [7, 11) is 0. The number of hydrogen-bond acceptors (Lipinski definition) is 4. The topological polar surface area (TPSA) is 62.3 Å². The molecule has 0 saturated heterocycles. The van der Waals surface area contributed by atoms with Gasteiger partial charge in [0.05, 0.1) is 5.56 Å². The fourth-order valence-corrected chi connectivity index (χ4v) is 4.43. The summed E-state index contributed by atoms with van der Waals surface area (Å²) < 4.78 is 0. The molecular formula is C21H18ClN3O2S. The lowest BCUT2D eigenvalue weighted by Gasteiger charge is -2.28. The third-order valence-electron chi connectivity index (χ3n) is 4.91. The lowest BCUT2D eigenvalue weighted by Crippen LogP contribution is -2.35. The molecule has 0 atom stereocenters. The van der Waals surface area contributed by atoms with Crippen LogP contribution in [0.15, 0.2) is 48.0 Å². The van der Waals surface area contributed by atoms with Crippen LogP contribution in [-0.4, -0.2) is 28.2 Å². The molecule has 1 aliphatic rings. The molecule has 0 spiro atoms. The SMILES string of the molecule is Cc1c(NC(=O)c2cccnc2Cl)cccc1C(=O)N1CCc2sccc2C1. The molecule has 1 aliphatic heterocycles. The van der Waals surface area contributed by atoms with Gasteiger partial charge in [-0.2, -0.15) is 0 Å². The smallest absolute Gasteiger partial charge is 0.258 e. The minimum atomic E-state index is -0.355. The predicted octanol–water partition coefficient (Wildman–Crippen LogP) is 4.56. The zero-order chi connectivity index (χ0) is 19.7. The van der Waals surface area contributed by atoms with Crippen molar-refractivity contribution < 1.29 is 9.59 Å². The highest BCUT2D eigenvalue weighted by Crippen LogP contribution is 2.27. The maximum atomic E-state index is 13.1. The summed E-state index contributed by atoms with van der Waals surface area (Å²) >= 11 is 7.75. The van der Waals surface area contributed by atoms with E-state index in [9.17, 15) is 9.59 Å². The van der Waals surface area contributed by atoms with Crippen molar-refractivity contribution in [2.75, 3.05) is 11.9 Å². The van der Waals surface area contributed by atoms with Gasteiger partial charge in [0.1, 0.15) is 5.15 Å². The van der Waals surface area contributed by atoms with E-state index in [0.29, 0.717) is 29.9 Å². The average Bonchev–Trinajstić information content (AvgIpc) is 3.17. The lowest BCUT2D eigenvalue weighted by atomic mass is 10.0. The Bertz CT molecular complexity index is 1060. The first kappa shape index (κ1) is 18.7. The number of nitrogens with one attached hydrogen (secondary N) is 1. The number of benzene rings is 1. The number of carbonyl (C=O) groups is 2. The Labute approximate surface area is 172 Å². The van der Waals surface area contributed by atoms with Gasteiger partial charge in [0.2, 0.25) is 0 Å². The fraction of sp³-hybridized carbons (Fsp3) is 0.190. The summed E-state index contributed by atoms with van der Waals surface area (Å²) in [5.74, 6) is -0.378. The van der Waals surface area contributed by atoms with E-state index >= 15 is 0 Å². The normalized spacial score (nSPS) is 13.1. The number of rotatable bonds is 3. The van der Waals surface area contributed by atoms with E-state index < -0.39 is 0 Å². The maximum absolute atomic E-state index is 13.1. The van der Waals surface area contributed by atoms with Crippen LogP contribution in [0, 0.1) is 6.92 Å². The molecule has 4 rings (SSSR count). The van der Waals surface area contributed by atoms with Gasteiger partial charge in [-0.3, -0.25) is 9.59 Å². The number of pyridine rings is 1. The quantitative estimate of drug-likeness (QED) is 0.643. The molecule has 1 N–H and O–H groups in total. The molecule has 0 saturated carbocycles. The molecule has 0 radical (unpaired) electrons. The largest absolute Gasteiger partial charge is 0.334 e. The number of amides is 2. The van der Waals surface area contributed by atoms with E-state index in [0.717, 1.165) is 12.0 Å². The highest BCUT2D eigenvalue weighted by Gasteiger charge is 2.24. The number of nitrogens with zero attached hydrogens (tertiary/aromatic N) is 2. The van der Waals surface area contributed by atoms with Crippen LogP contribution in [-0.2, 0) is 13.0 Å². The Kier molecular flexibility index (Phi) is 5.15. The summed E-state index contributed by atoms with van der Waals surface area (Å²) in [6.45, 7) is 3.17. The van der Waals surface area contributed by atoms with Gasteiger partial charge in [0, 0.05) is 35.4 Å². The second-order valence-corrected chi connectivity index (χ2v) is 7.98.